The number of nitrogens with one attached hydrogen (secondary N) is 1. The van der Waals surface area contributed by atoms with Crippen LogP contribution in [0.15, 0.2) is 4.52 Å². The van der Waals surface area contributed by atoms with E-state index in [2.05, 4.69) is 15.5 Å². The van der Waals surface area contributed by atoms with E-state index >= 15 is 0 Å². The summed E-state index contributed by atoms with van der Waals surface area (Å²) in [5.41, 5.74) is 0. The van der Waals surface area contributed by atoms with Crippen LogP contribution in [0.5, 0.6) is 0 Å². The molecule has 5 nitrogen and oxygen atoms in total. The van der Waals surface area contributed by atoms with Gasteiger partial charge in [-0.3, -0.25) is 0 Å². The molecule has 3 heterocycles. The third kappa shape index (κ3) is 3.05. The molecular formula is C12H19N3O2S. The van der Waals surface area contributed by atoms with Crippen LogP contribution in [0.2, 0.25) is 0 Å². The van der Waals surface area contributed by atoms with Crippen molar-refractivity contribution in [2.45, 2.75) is 25.4 Å². The monoisotopic (exact) mass is 269 g/mol. The molecule has 0 saturated carbocycles. The van der Waals surface area contributed by atoms with E-state index in [0.717, 1.165) is 61.7 Å². The van der Waals surface area contributed by atoms with Gasteiger partial charge in [-0.1, -0.05) is 5.16 Å². The molecule has 1 aromatic heterocycles. The molecule has 2 fully saturated rings. The highest BCUT2D eigenvalue weighted by molar-refractivity contribution is 7.99. The lowest BCUT2D eigenvalue weighted by Gasteiger charge is -2.18. The Kier molecular flexibility index (Phi) is 4.17. The molecule has 0 radical (unpaired) electrons. The number of ether oxygens (including phenoxy) is 1. The first kappa shape index (κ1) is 12.4. The van der Waals surface area contributed by atoms with Crippen molar-refractivity contribution in [2.75, 3.05) is 31.2 Å². The first-order chi connectivity index (χ1) is 8.92. The maximum Gasteiger partial charge on any atom is 0.226 e. The summed E-state index contributed by atoms with van der Waals surface area (Å²) >= 11 is 1.89. The third-order valence-electron chi connectivity index (χ3n) is 3.52. The van der Waals surface area contributed by atoms with Crippen molar-refractivity contribution in [3.63, 3.8) is 0 Å². The van der Waals surface area contributed by atoms with Gasteiger partial charge in [0.1, 0.15) is 6.10 Å². The van der Waals surface area contributed by atoms with Gasteiger partial charge in [0, 0.05) is 17.9 Å². The van der Waals surface area contributed by atoms with Crippen molar-refractivity contribution >= 4 is 11.8 Å². The van der Waals surface area contributed by atoms with E-state index < -0.39 is 0 Å². The molecule has 0 amide bonds. The molecule has 0 spiro atoms. The molecule has 6 heteroatoms. The van der Waals surface area contributed by atoms with Crippen molar-refractivity contribution in [3.05, 3.63) is 11.7 Å². The summed E-state index contributed by atoms with van der Waals surface area (Å²) < 4.78 is 10.9. The van der Waals surface area contributed by atoms with Gasteiger partial charge in [0.2, 0.25) is 11.7 Å². The first-order valence-corrected chi connectivity index (χ1v) is 7.80. The topological polar surface area (TPSA) is 60.2 Å². The first-order valence-electron chi connectivity index (χ1n) is 6.64. The van der Waals surface area contributed by atoms with Crippen LogP contribution in [0, 0.1) is 5.92 Å². The smallest absolute Gasteiger partial charge is 0.226 e. The van der Waals surface area contributed by atoms with E-state index in [1.165, 1.54) is 6.42 Å². The molecule has 2 atom stereocenters. The number of aryl methyl sites for hydroxylation is 1. The molecule has 2 aliphatic heterocycles. The minimum atomic E-state index is 0.0226. The highest BCUT2D eigenvalue weighted by Crippen LogP contribution is 2.24. The fourth-order valence-electron chi connectivity index (χ4n) is 2.43. The lowest BCUT2D eigenvalue weighted by molar-refractivity contribution is 0.0677. The van der Waals surface area contributed by atoms with Gasteiger partial charge in [-0.2, -0.15) is 16.7 Å². The van der Waals surface area contributed by atoms with E-state index in [1.807, 2.05) is 11.8 Å². The van der Waals surface area contributed by atoms with Crippen LogP contribution in [0.25, 0.3) is 0 Å². The van der Waals surface area contributed by atoms with Gasteiger partial charge in [-0.05, 0) is 31.8 Å². The molecule has 1 N–H and O–H groups in total. The summed E-state index contributed by atoms with van der Waals surface area (Å²) in [6.45, 7) is 3.06. The average Bonchev–Trinajstić information content (AvgIpc) is 3.09. The molecule has 0 aliphatic carbocycles. The summed E-state index contributed by atoms with van der Waals surface area (Å²) in [5, 5.41) is 7.42. The highest BCUT2D eigenvalue weighted by atomic mass is 32.2. The van der Waals surface area contributed by atoms with E-state index in [9.17, 15) is 0 Å². The Morgan fingerprint density at radius 1 is 1.44 bits per heavy atom. The van der Waals surface area contributed by atoms with Crippen molar-refractivity contribution in [3.8, 4) is 0 Å². The van der Waals surface area contributed by atoms with Gasteiger partial charge in [-0.25, -0.2) is 0 Å². The van der Waals surface area contributed by atoms with Crippen molar-refractivity contribution in [1.82, 2.24) is 15.5 Å². The molecule has 1 aromatic rings. The molecule has 2 aliphatic rings. The van der Waals surface area contributed by atoms with Crippen LogP contribution >= 0.6 is 11.8 Å². The zero-order chi connectivity index (χ0) is 12.2. The molecule has 0 bridgehead atoms. The number of thioether (sulfide) groups is 1. The summed E-state index contributed by atoms with van der Waals surface area (Å²) in [6, 6.07) is 0. The van der Waals surface area contributed by atoms with E-state index in [0.29, 0.717) is 0 Å². The second-order valence-electron chi connectivity index (χ2n) is 4.88. The largest absolute Gasteiger partial charge is 0.368 e. The van der Waals surface area contributed by atoms with Gasteiger partial charge in [0.15, 0.2) is 0 Å². The van der Waals surface area contributed by atoms with Crippen LogP contribution in [0.3, 0.4) is 0 Å². The lowest BCUT2D eigenvalue weighted by atomic mass is 10.0. The van der Waals surface area contributed by atoms with Crippen molar-refractivity contribution in [1.29, 1.82) is 0 Å². The third-order valence-corrected chi connectivity index (χ3v) is 4.51. The van der Waals surface area contributed by atoms with Gasteiger partial charge < -0.3 is 14.6 Å². The minimum Gasteiger partial charge on any atom is -0.368 e. The molecule has 100 valence electrons. The van der Waals surface area contributed by atoms with Crippen LogP contribution < -0.4 is 5.32 Å². The fourth-order valence-corrected chi connectivity index (χ4v) is 3.27. The van der Waals surface area contributed by atoms with Crippen molar-refractivity contribution in [2.24, 2.45) is 5.92 Å². The standard InChI is InChI=1S/C12H19N3O2S/c1(9-3-4-13-7-9)2-11-14-12(15-17-11)10-8-18-6-5-16-10/h9-10,13H,1-8H2. The Balaban J connectivity index is 1.52. The maximum atomic E-state index is 5.64. The fraction of sp³-hybridized carbons (Fsp3) is 0.833. The number of rotatable bonds is 4. The van der Waals surface area contributed by atoms with E-state index in [1.54, 1.807) is 0 Å². The lowest BCUT2D eigenvalue weighted by Crippen LogP contribution is -2.16. The molecule has 18 heavy (non-hydrogen) atoms. The van der Waals surface area contributed by atoms with Crippen LogP contribution in [-0.4, -0.2) is 41.3 Å². The van der Waals surface area contributed by atoms with Crippen LogP contribution in [-0.2, 0) is 11.2 Å². The summed E-state index contributed by atoms with van der Waals surface area (Å²) in [7, 11) is 0. The van der Waals surface area contributed by atoms with Crippen LogP contribution in [0.1, 0.15) is 30.7 Å². The molecule has 2 unspecified atom stereocenters. The van der Waals surface area contributed by atoms with E-state index in [4.69, 9.17) is 9.26 Å². The predicted molar refractivity (Wildman–Crippen MR) is 69.6 cm³/mol. The van der Waals surface area contributed by atoms with Gasteiger partial charge >= 0.3 is 0 Å². The number of hydrogen-bond donors (Lipinski definition) is 1. The van der Waals surface area contributed by atoms with Gasteiger partial charge in [0.25, 0.3) is 0 Å². The summed E-state index contributed by atoms with van der Waals surface area (Å²) in [6.07, 6.45) is 3.31. The Labute approximate surface area is 111 Å². The zero-order valence-corrected chi connectivity index (χ0v) is 11.2. The molecule has 0 aromatic carbocycles. The normalized spacial score (nSPS) is 28.7. The number of aromatic nitrogens is 2. The van der Waals surface area contributed by atoms with Crippen molar-refractivity contribution < 1.29 is 9.26 Å². The minimum absolute atomic E-state index is 0.0226. The second kappa shape index (κ2) is 6.04. The molecular weight excluding hydrogens is 250 g/mol. The maximum absolute atomic E-state index is 5.64. The van der Waals surface area contributed by atoms with Crippen LogP contribution in [0.4, 0.5) is 0 Å². The average molecular weight is 269 g/mol. The Morgan fingerprint density at radius 3 is 3.22 bits per heavy atom. The quantitative estimate of drug-likeness (QED) is 0.892. The Bertz CT molecular complexity index is 373. The predicted octanol–water partition coefficient (Wildman–Crippen LogP) is 1.42. The number of nitrogens with zero attached hydrogens (tertiary/aromatic N) is 2. The summed E-state index contributed by atoms with van der Waals surface area (Å²) in [5.74, 6) is 4.25. The Hall–Kier alpha value is -0.590. The molecule has 2 saturated heterocycles. The number of hydrogen-bond acceptors (Lipinski definition) is 6. The second-order valence-corrected chi connectivity index (χ2v) is 6.03. The highest BCUT2D eigenvalue weighted by Gasteiger charge is 2.22. The van der Waals surface area contributed by atoms with E-state index in [-0.39, 0.29) is 6.10 Å². The SMILES string of the molecule is C1CC(CCc2nc(C3CSCCO3)no2)CN1. The summed E-state index contributed by atoms with van der Waals surface area (Å²) in [4.78, 5) is 4.46. The van der Waals surface area contributed by atoms with Gasteiger partial charge in [0.05, 0.1) is 6.61 Å². The zero-order valence-electron chi connectivity index (χ0n) is 10.4. The Morgan fingerprint density at radius 2 is 2.44 bits per heavy atom. The van der Waals surface area contributed by atoms with Gasteiger partial charge in [-0.15, -0.1) is 0 Å². The molecule has 3 rings (SSSR count).